The number of amides is 1. The maximum absolute atomic E-state index is 12.1. The number of nitrogens with zero attached hydrogens (tertiary/aromatic N) is 2. The molecule has 0 unspecified atom stereocenters. The van der Waals surface area contributed by atoms with Gasteiger partial charge in [-0.1, -0.05) is 30.3 Å². The molecular formula is C13H15N3OS. The molecule has 2 N–H and O–H groups in total. The minimum atomic E-state index is -0.616. The summed E-state index contributed by atoms with van der Waals surface area (Å²) >= 11 is 1.52. The van der Waals surface area contributed by atoms with Crippen molar-refractivity contribution < 1.29 is 4.79 Å². The van der Waals surface area contributed by atoms with Crippen LogP contribution in [0.5, 0.6) is 0 Å². The van der Waals surface area contributed by atoms with Gasteiger partial charge in [-0.25, -0.2) is 4.98 Å². The molecule has 1 heterocycles. The summed E-state index contributed by atoms with van der Waals surface area (Å²) in [6.07, 6.45) is 0. The number of carbonyl (C=O) groups excluding carboxylic acids is 1. The Balaban J connectivity index is 2.02. The van der Waals surface area contributed by atoms with Crippen LogP contribution in [0.4, 0.5) is 0 Å². The molecule has 0 aliphatic carbocycles. The Kier molecular flexibility index (Phi) is 4.07. The fourth-order valence-electron chi connectivity index (χ4n) is 1.68. The molecule has 0 radical (unpaired) electrons. The van der Waals surface area contributed by atoms with Crippen molar-refractivity contribution in [2.45, 2.75) is 12.6 Å². The van der Waals surface area contributed by atoms with Crippen molar-refractivity contribution in [1.82, 2.24) is 9.88 Å². The van der Waals surface area contributed by atoms with E-state index in [-0.39, 0.29) is 5.91 Å². The van der Waals surface area contributed by atoms with Gasteiger partial charge in [0, 0.05) is 12.4 Å². The Labute approximate surface area is 110 Å². The van der Waals surface area contributed by atoms with E-state index < -0.39 is 6.04 Å². The van der Waals surface area contributed by atoms with Gasteiger partial charge in [0.15, 0.2) is 0 Å². The van der Waals surface area contributed by atoms with Crippen LogP contribution in [-0.4, -0.2) is 22.8 Å². The van der Waals surface area contributed by atoms with E-state index in [0.717, 1.165) is 11.3 Å². The average Bonchev–Trinajstić information content (AvgIpc) is 2.91. The first-order valence-electron chi connectivity index (χ1n) is 5.61. The zero-order valence-electron chi connectivity index (χ0n) is 10.1. The highest BCUT2D eigenvalue weighted by Gasteiger charge is 2.19. The Morgan fingerprint density at radius 2 is 2.17 bits per heavy atom. The summed E-state index contributed by atoms with van der Waals surface area (Å²) in [6, 6.07) is 8.76. The van der Waals surface area contributed by atoms with E-state index in [1.54, 1.807) is 17.5 Å². The van der Waals surface area contributed by atoms with Crippen molar-refractivity contribution in [1.29, 1.82) is 0 Å². The molecule has 0 aliphatic heterocycles. The van der Waals surface area contributed by atoms with Crippen LogP contribution in [0.2, 0.25) is 0 Å². The van der Waals surface area contributed by atoms with Gasteiger partial charge in [0.2, 0.25) is 5.91 Å². The molecule has 0 aliphatic rings. The Hall–Kier alpha value is -1.72. The number of nitrogens with two attached hydrogens (primary N) is 1. The van der Waals surface area contributed by atoms with Crippen LogP contribution in [0.15, 0.2) is 41.2 Å². The second-order valence-electron chi connectivity index (χ2n) is 4.06. The molecule has 94 valence electrons. The zero-order valence-corrected chi connectivity index (χ0v) is 10.9. The largest absolute Gasteiger partial charge is 0.338 e. The van der Waals surface area contributed by atoms with Crippen molar-refractivity contribution >= 4 is 17.2 Å². The maximum Gasteiger partial charge on any atom is 0.244 e. The Morgan fingerprint density at radius 1 is 1.44 bits per heavy atom. The van der Waals surface area contributed by atoms with Gasteiger partial charge in [0.1, 0.15) is 6.04 Å². The van der Waals surface area contributed by atoms with E-state index in [1.165, 1.54) is 11.3 Å². The van der Waals surface area contributed by atoms with Crippen molar-refractivity contribution in [3.63, 3.8) is 0 Å². The van der Waals surface area contributed by atoms with Crippen molar-refractivity contribution in [2.24, 2.45) is 5.73 Å². The molecular weight excluding hydrogens is 246 g/mol. The lowest BCUT2D eigenvalue weighted by atomic mass is 10.1. The first-order valence-corrected chi connectivity index (χ1v) is 6.55. The SMILES string of the molecule is CN(Cc1cscn1)C(=O)[C@H](N)c1ccccc1. The molecule has 18 heavy (non-hydrogen) atoms. The van der Waals surface area contributed by atoms with Gasteiger partial charge in [0.25, 0.3) is 0 Å². The molecule has 0 saturated carbocycles. The minimum Gasteiger partial charge on any atom is -0.338 e. The van der Waals surface area contributed by atoms with Gasteiger partial charge >= 0.3 is 0 Å². The maximum atomic E-state index is 12.1. The number of rotatable bonds is 4. The summed E-state index contributed by atoms with van der Waals surface area (Å²) < 4.78 is 0. The molecule has 5 heteroatoms. The van der Waals surface area contributed by atoms with Crippen LogP contribution in [0.3, 0.4) is 0 Å². The number of thiazole rings is 1. The van der Waals surface area contributed by atoms with E-state index in [0.29, 0.717) is 6.54 Å². The van der Waals surface area contributed by atoms with Crippen molar-refractivity contribution in [2.75, 3.05) is 7.05 Å². The molecule has 0 saturated heterocycles. The fourth-order valence-corrected chi connectivity index (χ4v) is 2.23. The summed E-state index contributed by atoms with van der Waals surface area (Å²) in [5.74, 6) is -0.103. The predicted octanol–water partition coefficient (Wildman–Crippen LogP) is 1.80. The lowest BCUT2D eigenvalue weighted by Crippen LogP contribution is -2.35. The molecule has 1 aromatic carbocycles. The highest BCUT2D eigenvalue weighted by molar-refractivity contribution is 7.07. The number of hydrogen-bond donors (Lipinski definition) is 1. The summed E-state index contributed by atoms with van der Waals surface area (Å²) in [6.45, 7) is 0.489. The summed E-state index contributed by atoms with van der Waals surface area (Å²) in [5, 5.41) is 1.93. The second kappa shape index (κ2) is 5.75. The van der Waals surface area contributed by atoms with Crippen LogP contribution >= 0.6 is 11.3 Å². The standard InChI is InChI=1S/C13H15N3OS/c1-16(7-11-8-18-9-15-11)13(17)12(14)10-5-3-2-4-6-10/h2-6,8-9,12H,7,14H2,1H3/t12-/m1/s1. The third kappa shape index (κ3) is 2.94. The number of likely N-dealkylation sites (N-methyl/N-ethyl adjacent to an activating group) is 1. The normalized spacial score (nSPS) is 12.1. The Bertz CT molecular complexity index is 498. The minimum absolute atomic E-state index is 0.103. The van der Waals surface area contributed by atoms with Crippen LogP contribution < -0.4 is 5.73 Å². The number of aromatic nitrogens is 1. The van der Waals surface area contributed by atoms with E-state index in [9.17, 15) is 4.79 Å². The molecule has 1 amide bonds. The van der Waals surface area contributed by atoms with Crippen LogP contribution in [0, 0.1) is 0 Å². The van der Waals surface area contributed by atoms with Gasteiger partial charge < -0.3 is 10.6 Å². The van der Waals surface area contributed by atoms with E-state index >= 15 is 0 Å². The smallest absolute Gasteiger partial charge is 0.244 e. The van der Waals surface area contributed by atoms with Crippen LogP contribution in [-0.2, 0) is 11.3 Å². The Morgan fingerprint density at radius 3 is 2.78 bits per heavy atom. The van der Waals surface area contributed by atoms with Gasteiger partial charge in [-0.3, -0.25) is 4.79 Å². The van der Waals surface area contributed by atoms with Gasteiger partial charge in [-0.2, -0.15) is 0 Å². The molecule has 0 spiro atoms. The van der Waals surface area contributed by atoms with Crippen molar-refractivity contribution in [3.8, 4) is 0 Å². The molecule has 2 rings (SSSR count). The van der Waals surface area contributed by atoms with Gasteiger partial charge in [0.05, 0.1) is 17.7 Å². The zero-order chi connectivity index (χ0) is 13.0. The highest BCUT2D eigenvalue weighted by Crippen LogP contribution is 2.13. The summed E-state index contributed by atoms with van der Waals surface area (Å²) in [5.41, 5.74) is 9.43. The molecule has 0 fully saturated rings. The third-order valence-electron chi connectivity index (χ3n) is 2.68. The van der Waals surface area contributed by atoms with E-state index in [2.05, 4.69) is 4.98 Å². The number of carbonyl (C=O) groups is 1. The molecule has 2 aromatic rings. The molecule has 0 bridgehead atoms. The lowest BCUT2D eigenvalue weighted by Gasteiger charge is -2.20. The number of benzene rings is 1. The number of hydrogen-bond acceptors (Lipinski definition) is 4. The van der Waals surface area contributed by atoms with Crippen LogP contribution in [0.1, 0.15) is 17.3 Å². The predicted molar refractivity (Wildman–Crippen MR) is 72.0 cm³/mol. The van der Waals surface area contributed by atoms with E-state index in [4.69, 9.17) is 5.73 Å². The molecule has 1 aromatic heterocycles. The first kappa shape index (κ1) is 12.7. The van der Waals surface area contributed by atoms with Crippen LogP contribution in [0.25, 0.3) is 0 Å². The van der Waals surface area contributed by atoms with Crippen molar-refractivity contribution in [3.05, 3.63) is 52.5 Å². The van der Waals surface area contributed by atoms with Gasteiger partial charge in [-0.05, 0) is 5.56 Å². The summed E-state index contributed by atoms with van der Waals surface area (Å²) in [7, 11) is 1.74. The average molecular weight is 261 g/mol. The quantitative estimate of drug-likeness (QED) is 0.913. The topological polar surface area (TPSA) is 59.2 Å². The fraction of sp³-hybridized carbons (Fsp3) is 0.231. The molecule has 4 nitrogen and oxygen atoms in total. The van der Waals surface area contributed by atoms with E-state index in [1.807, 2.05) is 35.7 Å². The second-order valence-corrected chi connectivity index (χ2v) is 4.78. The lowest BCUT2D eigenvalue weighted by molar-refractivity contribution is -0.132. The highest BCUT2D eigenvalue weighted by atomic mass is 32.1. The van der Waals surface area contributed by atoms with Gasteiger partial charge in [-0.15, -0.1) is 11.3 Å². The third-order valence-corrected chi connectivity index (χ3v) is 3.32. The molecule has 1 atom stereocenters. The monoisotopic (exact) mass is 261 g/mol. The summed E-state index contributed by atoms with van der Waals surface area (Å²) in [4.78, 5) is 17.9. The first-order chi connectivity index (χ1) is 8.68.